The molecule has 80 valence electrons. The van der Waals surface area contributed by atoms with E-state index in [1.165, 1.54) is 0 Å². The van der Waals surface area contributed by atoms with Crippen LogP contribution in [0.3, 0.4) is 0 Å². The van der Waals surface area contributed by atoms with Crippen LogP contribution in [-0.2, 0) is 11.4 Å². The third-order valence-electron chi connectivity index (χ3n) is 1.89. The predicted octanol–water partition coefficient (Wildman–Crippen LogP) is 2.05. The van der Waals surface area contributed by atoms with Crippen LogP contribution in [0.15, 0.2) is 36.9 Å². The fourth-order valence-electron chi connectivity index (χ4n) is 1.07. The summed E-state index contributed by atoms with van der Waals surface area (Å²) in [5.41, 5.74) is 0.792. The Hall–Kier alpha value is -1.61. The van der Waals surface area contributed by atoms with E-state index < -0.39 is 0 Å². The maximum absolute atomic E-state index is 11.2. The SMILES string of the molecule is C=CCCC(=O)Oc1ccc(CO)cc1. The van der Waals surface area contributed by atoms with Gasteiger partial charge in [0.25, 0.3) is 0 Å². The summed E-state index contributed by atoms with van der Waals surface area (Å²) in [7, 11) is 0. The van der Waals surface area contributed by atoms with Crippen LogP contribution in [0.25, 0.3) is 0 Å². The number of aliphatic hydroxyl groups is 1. The van der Waals surface area contributed by atoms with Crippen molar-refractivity contribution >= 4 is 5.97 Å². The molecule has 15 heavy (non-hydrogen) atoms. The van der Waals surface area contributed by atoms with Gasteiger partial charge in [0.05, 0.1) is 6.61 Å². The van der Waals surface area contributed by atoms with E-state index in [2.05, 4.69) is 6.58 Å². The molecule has 0 saturated carbocycles. The summed E-state index contributed by atoms with van der Waals surface area (Å²) in [4.78, 5) is 11.2. The molecule has 0 saturated heterocycles. The minimum Gasteiger partial charge on any atom is -0.427 e. The lowest BCUT2D eigenvalue weighted by Gasteiger charge is -2.03. The van der Waals surface area contributed by atoms with Gasteiger partial charge in [-0.1, -0.05) is 18.2 Å². The van der Waals surface area contributed by atoms with E-state index >= 15 is 0 Å². The molecule has 0 aromatic heterocycles. The number of benzene rings is 1. The molecule has 3 nitrogen and oxygen atoms in total. The molecule has 1 aromatic carbocycles. The van der Waals surface area contributed by atoms with Crippen molar-refractivity contribution in [1.82, 2.24) is 0 Å². The van der Waals surface area contributed by atoms with Crippen molar-refractivity contribution in [3.63, 3.8) is 0 Å². The number of hydrogen-bond acceptors (Lipinski definition) is 3. The van der Waals surface area contributed by atoms with Gasteiger partial charge in [-0.05, 0) is 24.1 Å². The molecule has 3 heteroatoms. The highest BCUT2D eigenvalue weighted by atomic mass is 16.5. The Morgan fingerprint density at radius 1 is 1.40 bits per heavy atom. The first-order chi connectivity index (χ1) is 7.26. The van der Waals surface area contributed by atoms with Gasteiger partial charge < -0.3 is 9.84 Å². The maximum atomic E-state index is 11.2. The summed E-state index contributed by atoms with van der Waals surface area (Å²) in [5, 5.41) is 8.81. The second-order valence-electron chi connectivity index (χ2n) is 3.10. The lowest BCUT2D eigenvalue weighted by molar-refractivity contribution is -0.134. The summed E-state index contributed by atoms with van der Waals surface area (Å²) in [6.45, 7) is 3.52. The van der Waals surface area contributed by atoms with Crippen LogP contribution in [0.4, 0.5) is 0 Å². The van der Waals surface area contributed by atoms with E-state index in [1.54, 1.807) is 30.3 Å². The zero-order valence-corrected chi connectivity index (χ0v) is 8.48. The molecule has 0 unspecified atom stereocenters. The summed E-state index contributed by atoms with van der Waals surface area (Å²) in [6.07, 6.45) is 2.63. The summed E-state index contributed by atoms with van der Waals surface area (Å²) in [6, 6.07) is 6.76. The number of ether oxygens (including phenoxy) is 1. The molecule has 1 N–H and O–H groups in total. The number of carbonyl (C=O) groups is 1. The van der Waals surface area contributed by atoms with Crippen molar-refractivity contribution in [2.45, 2.75) is 19.4 Å². The Kier molecular flexibility index (Phi) is 4.57. The number of carbonyl (C=O) groups excluding carboxylic acids is 1. The number of aliphatic hydroxyl groups excluding tert-OH is 1. The van der Waals surface area contributed by atoms with E-state index in [1.807, 2.05) is 0 Å². The molecule has 0 bridgehead atoms. The molecule has 1 aromatic rings. The van der Waals surface area contributed by atoms with Gasteiger partial charge >= 0.3 is 5.97 Å². The topological polar surface area (TPSA) is 46.5 Å². The maximum Gasteiger partial charge on any atom is 0.311 e. The van der Waals surface area contributed by atoms with Crippen LogP contribution in [0.1, 0.15) is 18.4 Å². The third kappa shape index (κ3) is 3.95. The molecule has 0 heterocycles. The number of allylic oxidation sites excluding steroid dienone is 1. The standard InChI is InChI=1S/C12H14O3/c1-2-3-4-12(14)15-11-7-5-10(9-13)6-8-11/h2,5-8,13H,1,3-4,9H2. The second kappa shape index (κ2) is 5.98. The first kappa shape index (κ1) is 11.5. The minimum absolute atomic E-state index is 0.00924. The summed E-state index contributed by atoms with van der Waals surface area (Å²) in [5.74, 6) is 0.230. The van der Waals surface area contributed by atoms with Gasteiger partial charge in [0.15, 0.2) is 0 Å². The Bertz CT molecular complexity index is 327. The smallest absolute Gasteiger partial charge is 0.311 e. The third-order valence-corrected chi connectivity index (χ3v) is 1.89. The molecule has 0 amide bonds. The lowest BCUT2D eigenvalue weighted by Crippen LogP contribution is -2.06. The van der Waals surface area contributed by atoms with Gasteiger partial charge in [-0.3, -0.25) is 4.79 Å². The lowest BCUT2D eigenvalue weighted by atomic mass is 10.2. The van der Waals surface area contributed by atoms with Crippen molar-refractivity contribution < 1.29 is 14.6 Å². The Morgan fingerprint density at radius 2 is 2.07 bits per heavy atom. The number of rotatable bonds is 5. The zero-order chi connectivity index (χ0) is 11.1. The molecular weight excluding hydrogens is 192 g/mol. The minimum atomic E-state index is -0.272. The normalized spacial score (nSPS) is 9.67. The highest BCUT2D eigenvalue weighted by Gasteiger charge is 2.02. The fraction of sp³-hybridized carbons (Fsp3) is 0.250. The van der Waals surface area contributed by atoms with Gasteiger partial charge in [0.2, 0.25) is 0 Å². The van der Waals surface area contributed by atoms with E-state index in [9.17, 15) is 4.79 Å². The molecule has 0 atom stereocenters. The molecular formula is C12H14O3. The molecule has 0 aliphatic rings. The molecule has 1 rings (SSSR count). The molecule has 0 spiro atoms. The van der Waals surface area contributed by atoms with Crippen molar-refractivity contribution in [2.75, 3.05) is 0 Å². The zero-order valence-electron chi connectivity index (χ0n) is 8.48. The van der Waals surface area contributed by atoms with Gasteiger partial charge in [-0.2, -0.15) is 0 Å². The van der Waals surface area contributed by atoms with Crippen LogP contribution in [0, 0.1) is 0 Å². The van der Waals surface area contributed by atoms with Crippen LogP contribution in [-0.4, -0.2) is 11.1 Å². The van der Waals surface area contributed by atoms with Crippen molar-refractivity contribution in [1.29, 1.82) is 0 Å². The molecule has 0 fully saturated rings. The second-order valence-corrected chi connectivity index (χ2v) is 3.10. The van der Waals surface area contributed by atoms with Crippen LogP contribution >= 0.6 is 0 Å². The van der Waals surface area contributed by atoms with Gasteiger partial charge in [0.1, 0.15) is 5.75 Å². The Balaban J connectivity index is 2.49. The molecule has 0 aliphatic carbocycles. The highest BCUT2D eigenvalue weighted by molar-refractivity contribution is 5.72. The Labute approximate surface area is 89.0 Å². The van der Waals surface area contributed by atoms with E-state index in [0.717, 1.165) is 5.56 Å². The van der Waals surface area contributed by atoms with Crippen LogP contribution in [0.5, 0.6) is 5.75 Å². The summed E-state index contributed by atoms with van der Waals surface area (Å²) < 4.78 is 5.05. The molecule has 0 radical (unpaired) electrons. The van der Waals surface area contributed by atoms with E-state index in [-0.39, 0.29) is 12.6 Å². The average molecular weight is 206 g/mol. The summed E-state index contributed by atoms with van der Waals surface area (Å²) >= 11 is 0. The van der Waals surface area contributed by atoms with E-state index in [0.29, 0.717) is 18.6 Å². The largest absolute Gasteiger partial charge is 0.427 e. The fourth-order valence-corrected chi connectivity index (χ4v) is 1.07. The van der Waals surface area contributed by atoms with Crippen molar-refractivity contribution in [3.8, 4) is 5.75 Å². The first-order valence-electron chi connectivity index (χ1n) is 4.77. The average Bonchev–Trinajstić information content (AvgIpc) is 2.27. The molecule has 0 aliphatic heterocycles. The van der Waals surface area contributed by atoms with E-state index in [4.69, 9.17) is 9.84 Å². The van der Waals surface area contributed by atoms with Gasteiger partial charge in [-0.15, -0.1) is 6.58 Å². The van der Waals surface area contributed by atoms with Crippen molar-refractivity contribution in [3.05, 3.63) is 42.5 Å². The van der Waals surface area contributed by atoms with Gasteiger partial charge in [-0.25, -0.2) is 0 Å². The quantitative estimate of drug-likeness (QED) is 0.455. The number of hydrogen-bond donors (Lipinski definition) is 1. The van der Waals surface area contributed by atoms with Crippen molar-refractivity contribution in [2.24, 2.45) is 0 Å². The van der Waals surface area contributed by atoms with Crippen LogP contribution in [0.2, 0.25) is 0 Å². The van der Waals surface area contributed by atoms with Crippen LogP contribution < -0.4 is 4.74 Å². The first-order valence-corrected chi connectivity index (χ1v) is 4.77. The number of esters is 1. The van der Waals surface area contributed by atoms with Gasteiger partial charge in [0, 0.05) is 6.42 Å². The predicted molar refractivity (Wildman–Crippen MR) is 57.4 cm³/mol. The monoisotopic (exact) mass is 206 g/mol. The highest BCUT2D eigenvalue weighted by Crippen LogP contribution is 2.13. The Morgan fingerprint density at radius 3 is 2.60 bits per heavy atom.